The molecule has 0 bridgehead atoms. The number of amides is 2. The van der Waals surface area contributed by atoms with Gasteiger partial charge in [0.1, 0.15) is 5.01 Å². The number of urea groups is 1. The molecule has 3 heterocycles. The van der Waals surface area contributed by atoms with Crippen molar-refractivity contribution in [1.82, 2.24) is 20.2 Å². The van der Waals surface area contributed by atoms with E-state index in [1.807, 2.05) is 42.2 Å². The zero-order valence-electron chi connectivity index (χ0n) is 16.6. The molecule has 0 saturated carbocycles. The number of thiazole rings is 1. The molecule has 1 fully saturated rings. The first-order chi connectivity index (χ1) is 14.2. The van der Waals surface area contributed by atoms with Crippen LogP contribution < -0.4 is 5.32 Å². The van der Waals surface area contributed by atoms with E-state index in [1.54, 1.807) is 23.7 Å². The summed E-state index contributed by atoms with van der Waals surface area (Å²) in [6, 6.07) is 14.1. The zero-order chi connectivity index (χ0) is 20.1. The van der Waals surface area contributed by atoms with Crippen molar-refractivity contribution in [3.05, 3.63) is 70.8 Å². The topological polar surface area (TPSA) is 58.1 Å². The minimum Gasteiger partial charge on any atom is -0.329 e. The normalized spacial score (nSPS) is 18.1. The number of carbonyl (C=O) groups excluding carboxylic acids is 1. The number of benzene rings is 1. The van der Waals surface area contributed by atoms with Crippen LogP contribution in [0.5, 0.6) is 0 Å². The van der Waals surface area contributed by atoms with E-state index in [9.17, 15) is 4.79 Å². The van der Waals surface area contributed by atoms with E-state index < -0.39 is 0 Å². The SMILES string of the molecule is C[C@@H](NC(=O)N1CCCCC[C@H]1c1ccncc1)c1nc(-c2ccccc2)cs1. The van der Waals surface area contributed by atoms with Crippen molar-refractivity contribution in [2.45, 2.75) is 44.7 Å². The van der Waals surface area contributed by atoms with Gasteiger partial charge in [0, 0.05) is 29.9 Å². The molecule has 1 aliphatic heterocycles. The Balaban J connectivity index is 1.48. The van der Waals surface area contributed by atoms with Crippen LogP contribution in [-0.4, -0.2) is 27.4 Å². The van der Waals surface area contributed by atoms with Crippen molar-refractivity contribution in [3.8, 4) is 11.3 Å². The molecule has 6 heteroatoms. The molecule has 0 radical (unpaired) electrons. The highest BCUT2D eigenvalue weighted by molar-refractivity contribution is 7.10. The summed E-state index contributed by atoms with van der Waals surface area (Å²) in [7, 11) is 0. The molecule has 3 aromatic rings. The maximum absolute atomic E-state index is 13.2. The lowest BCUT2D eigenvalue weighted by atomic mass is 10.0. The molecule has 0 aliphatic carbocycles. The van der Waals surface area contributed by atoms with Crippen LogP contribution in [0.1, 0.15) is 55.3 Å². The first-order valence-corrected chi connectivity index (χ1v) is 11.1. The largest absolute Gasteiger partial charge is 0.329 e. The van der Waals surface area contributed by atoms with E-state index in [2.05, 4.69) is 27.8 Å². The third-order valence-corrected chi connectivity index (χ3v) is 6.43. The zero-order valence-corrected chi connectivity index (χ0v) is 17.4. The molecule has 0 spiro atoms. The highest BCUT2D eigenvalue weighted by atomic mass is 32.1. The first-order valence-electron chi connectivity index (χ1n) is 10.2. The van der Waals surface area contributed by atoms with Crippen LogP contribution in [0.2, 0.25) is 0 Å². The van der Waals surface area contributed by atoms with Crippen LogP contribution in [-0.2, 0) is 0 Å². The summed E-state index contributed by atoms with van der Waals surface area (Å²) in [5.74, 6) is 0. The number of likely N-dealkylation sites (tertiary alicyclic amines) is 1. The van der Waals surface area contributed by atoms with E-state index in [0.717, 1.165) is 54.1 Å². The van der Waals surface area contributed by atoms with Gasteiger partial charge >= 0.3 is 6.03 Å². The molecule has 4 rings (SSSR count). The van der Waals surface area contributed by atoms with Crippen molar-refractivity contribution < 1.29 is 4.79 Å². The van der Waals surface area contributed by atoms with Gasteiger partial charge in [-0.15, -0.1) is 11.3 Å². The monoisotopic (exact) mass is 406 g/mol. The van der Waals surface area contributed by atoms with Gasteiger partial charge in [-0.1, -0.05) is 43.2 Å². The predicted octanol–water partition coefficient (Wildman–Crippen LogP) is 5.59. The van der Waals surface area contributed by atoms with Crippen LogP contribution >= 0.6 is 11.3 Å². The molecule has 2 amide bonds. The van der Waals surface area contributed by atoms with Crippen LogP contribution in [0.25, 0.3) is 11.3 Å². The Labute approximate surface area is 175 Å². The average Bonchev–Trinajstić information content (AvgIpc) is 3.13. The van der Waals surface area contributed by atoms with Gasteiger partial charge in [-0.25, -0.2) is 9.78 Å². The fourth-order valence-corrected chi connectivity index (χ4v) is 4.68. The van der Waals surface area contributed by atoms with Crippen molar-refractivity contribution in [2.75, 3.05) is 6.54 Å². The molecule has 1 aliphatic rings. The molecule has 2 aromatic heterocycles. The summed E-state index contributed by atoms with van der Waals surface area (Å²) in [6.45, 7) is 2.78. The van der Waals surface area contributed by atoms with Crippen LogP contribution in [0.3, 0.4) is 0 Å². The summed E-state index contributed by atoms with van der Waals surface area (Å²) >= 11 is 1.59. The fourth-order valence-electron chi connectivity index (χ4n) is 3.84. The lowest BCUT2D eigenvalue weighted by Crippen LogP contribution is -2.43. The van der Waals surface area contributed by atoms with Gasteiger partial charge in [0.05, 0.1) is 17.8 Å². The molecular weight excluding hydrogens is 380 g/mol. The highest BCUT2D eigenvalue weighted by Crippen LogP contribution is 2.31. The standard InChI is InChI=1S/C23H26N4OS/c1-17(22-26-20(16-29-22)18-8-4-2-5-9-18)25-23(28)27-15-7-3-6-10-21(27)19-11-13-24-14-12-19/h2,4-5,8-9,11-14,16-17,21H,3,6-7,10,15H2,1H3,(H,25,28)/t17-,21+/m1/s1. The van der Waals surface area contributed by atoms with E-state index in [-0.39, 0.29) is 18.1 Å². The minimum absolute atomic E-state index is 0.0160. The maximum atomic E-state index is 13.2. The molecule has 2 atom stereocenters. The Hall–Kier alpha value is -2.73. The highest BCUT2D eigenvalue weighted by Gasteiger charge is 2.28. The van der Waals surface area contributed by atoms with Gasteiger partial charge in [0.15, 0.2) is 0 Å². The van der Waals surface area contributed by atoms with Gasteiger partial charge in [-0.05, 0) is 37.5 Å². The number of pyridine rings is 1. The van der Waals surface area contributed by atoms with E-state index >= 15 is 0 Å². The Morgan fingerprint density at radius 2 is 1.93 bits per heavy atom. The molecule has 29 heavy (non-hydrogen) atoms. The minimum atomic E-state index is -0.133. The van der Waals surface area contributed by atoms with Gasteiger partial charge in [0.2, 0.25) is 0 Å². The molecule has 1 saturated heterocycles. The molecule has 150 valence electrons. The second-order valence-corrected chi connectivity index (χ2v) is 8.34. The summed E-state index contributed by atoms with van der Waals surface area (Å²) in [5.41, 5.74) is 3.21. The lowest BCUT2D eigenvalue weighted by Gasteiger charge is -2.31. The maximum Gasteiger partial charge on any atom is 0.318 e. The Kier molecular flexibility index (Phi) is 6.20. The Morgan fingerprint density at radius 1 is 1.14 bits per heavy atom. The molecular formula is C23H26N4OS. The van der Waals surface area contributed by atoms with Crippen LogP contribution in [0.15, 0.2) is 60.2 Å². The lowest BCUT2D eigenvalue weighted by molar-refractivity contribution is 0.172. The number of nitrogens with zero attached hydrogens (tertiary/aromatic N) is 3. The van der Waals surface area contributed by atoms with Gasteiger partial charge in [-0.2, -0.15) is 0 Å². The number of hydrogen-bond acceptors (Lipinski definition) is 4. The van der Waals surface area contributed by atoms with Crippen molar-refractivity contribution in [1.29, 1.82) is 0 Å². The van der Waals surface area contributed by atoms with Crippen LogP contribution in [0, 0.1) is 0 Å². The van der Waals surface area contributed by atoms with Gasteiger partial charge in [-0.3, -0.25) is 4.98 Å². The average molecular weight is 407 g/mol. The quantitative estimate of drug-likeness (QED) is 0.614. The van der Waals surface area contributed by atoms with Gasteiger partial charge < -0.3 is 10.2 Å². The Morgan fingerprint density at radius 3 is 2.72 bits per heavy atom. The van der Waals surface area contributed by atoms with Crippen molar-refractivity contribution in [2.24, 2.45) is 0 Å². The van der Waals surface area contributed by atoms with Crippen LogP contribution in [0.4, 0.5) is 4.79 Å². The third kappa shape index (κ3) is 4.65. The Bertz CT molecular complexity index is 928. The number of hydrogen-bond donors (Lipinski definition) is 1. The van der Waals surface area contributed by atoms with E-state index in [1.165, 1.54) is 0 Å². The predicted molar refractivity (Wildman–Crippen MR) is 117 cm³/mol. The third-order valence-electron chi connectivity index (χ3n) is 5.41. The second-order valence-electron chi connectivity index (χ2n) is 7.45. The summed E-state index contributed by atoms with van der Waals surface area (Å²) in [6.07, 6.45) is 7.94. The van der Waals surface area contributed by atoms with E-state index in [4.69, 9.17) is 4.98 Å². The number of nitrogens with one attached hydrogen (secondary N) is 1. The summed E-state index contributed by atoms with van der Waals surface area (Å²) in [5, 5.41) is 6.16. The smallest absolute Gasteiger partial charge is 0.318 e. The molecule has 1 aromatic carbocycles. The first kappa shape index (κ1) is 19.6. The molecule has 0 unspecified atom stereocenters. The second kappa shape index (κ2) is 9.18. The fraction of sp³-hybridized carbons (Fsp3) is 0.348. The number of rotatable bonds is 4. The van der Waals surface area contributed by atoms with Gasteiger partial charge in [0.25, 0.3) is 0 Å². The number of aromatic nitrogens is 2. The summed E-state index contributed by atoms with van der Waals surface area (Å²) in [4.78, 5) is 24.0. The van der Waals surface area contributed by atoms with Crippen molar-refractivity contribution in [3.63, 3.8) is 0 Å². The molecule has 1 N–H and O–H groups in total. The number of carbonyl (C=O) groups is 1. The van der Waals surface area contributed by atoms with Crippen molar-refractivity contribution >= 4 is 17.4 Å². The molecule has 5 nitrogen and oxygen atoms in total. The summed E-state index contributed by atoms with van der Waals surface area (Å²) < 4.78 is 0. The van der Waals surface area contributed by atoms with E-state index in [0.29, 0.717) is 0 Å².